The summed E-state index contributed by atoms with van der Waals surface area (Å²) in [4.78, 5) is 0. The minimum Gasteiger partial charge on any atom is -1.00 e. The van der Waals surface area contributed by atoms with E-state index in [-0.39, 0.29) is 12.4 Å². The van der Waals surface area contributed by atoms with Crippen molar-refractivity contribution in [1.29, 1.82) is 0 Å². The largest absolute Gasteiger partial charge is 1.00 e. The number of aromatic nitrogens is 1. The van der Waals surface area contributed by atoms with Gasteiger partial charge >= 0.3 is 0 Å². The first-order chi connectivity index (χ1) is 5.43. The van der Waals surface area contributed by atoms with Gasteiger partial charge in [-0.2, -0.15) is 0 Å². The Bertz CT molecular complexity index is 219. The van der Waals surface area contributed by atoms with Gasteiger partial charge in [-0.15, -0.1) is 0 Å². The highest BCUT2D eigenvalue weighted by Gasteiger charge is 1.92. The molecule has 0 aromatic carbocycles. The molecule has 1 rings (SSSR count). The summed E-state index contributed by atoms with van der Waals surface area (Å²) in [6, 6.07) is 6.14. The first-order valence-corrected chi connectivity index (χ1v) is 3.98. The molecule has 0 N–H and O–H groups in total. The van der Waals surface area contributed by atoms with Gasteiger partial charge in [-0.1, -0.05) is 18.2 Å². The number of pyridine rings is 1. The van der Waals surface area contributed by atoms with E-state index in [0.29, 0.717) is 0 Å². The fourth-order valence-corrected chi connectivity index (χ4v) is 0.974. The predicted molar refractivity (Wildman–Crippen MR) is 46.1 cm³/mol. The Morgan fingerprint density at radius 1 is 1.17 bits per heavy atom. The maximum atomic E-state index is 2.18. The number of hydrogen-bond acceptors (Lipinski definition) is 0. The third-order valence-corrected chi connectivity index (χ3v) is 1.57. The minimum atomic E-state index is 0. The molecule has 1 aromatic heterocycles. The van der Waals surface area contributed by atoms with Crippen LogP contribution in [0.5, 0.6) is 0 Å². The molecule has 1 heterocycles. The van der Waals surface area contributed by atoms with Gasteiger partial charge in [0.1, 0.15) is 0 Å². The molecule has 2 heteroatoms. The molecular weight excluding hydrogens is 170 g/mol. The third kappa shape index (κ3) is 4.14. The van der Waals surface area contributed by atoms with Crippen molar-refractivity contribution < 1.29 is 17.0 Å². The normalized spacial score (nSPS) is 9.75. The summed E-state index contributed by atoms with van der Waals surface area (Å²) < 4.78 is 2.18. The number of allylic oxidation sites excluding steroid dienone is 2. The van der Waals surface area contributed by atoms with E-state index in [9.17, 15) is 0 Å². The standard InChI is InChI=1S/C10H14N.ClH/c1-2-3-5-8-11-9-6-4-7-10-11;/h2-4,6-7,9-10H,5,8H2,1H3;1H/q+1;/p-1. The van der Waals surface area contributed by atoms with Gasteiger partial charge in [0.05, 0.1) is 0 Å². The lowest BCUT2D eigenvalue weighted by atomic mass is 10.3. The number of hydrogen-bond donors (Lipinski definition) is 0. The summed E-state index contributed by atoms with van der Waals surface area (Å²) in [5.74, 6) is 0. The van der Waals surface area contributed by atoms with Crippen molar-refractivity contribution in [1.82, 2.24) is 0 Å². The van der Waals surface area contributed by atoms with Gasteiger partial charge < -0.3 is 12.4 Å². The van der Waals surface area contributed by atoms with Crippen LogP contribution in [0.25, 0.3) is 0 Å². The molecule has 0 saturated carbocycles. The molecule has 66 valence electrons. The van der Waals surface area contributed by atoms with Crippen LogP contribution in [0.15, 0.2) is 42.7 Å². The molecule has 0 radical (unpaired) electrons. The Morgan fingerprint density at radius 3 is 2.42 bits per heavy atom. The van der Waals surface area contributed by atoms with Crippen molar-refractivity contribution in [2.24, 2.45) is 0 Å². The number of rotatable bonds is 3. The molecule has 0 aliphatic rings. The zero-order valence-electron chi connectivity index (χ0n) is 7.28. The molecule has 0 fully saturated rings. The summed E-state index contributed by atoms with van der Waals surface area (Å²) >= 11 is 0. The van der Waals surface area contributed by atoms with Gasteiger partial charge in [-0.25, -0.2) is 4.57 Å². The highest BCUT2D eigenvalue weighted by molar-refractivity contribution is 4.83. The smallest absolute Gasteiger partial charge is 0.168 e. The monoisotopic (exact) mass is 183 g/mol. The van der Waals surface area contributed by atoms with Crippen LogP contribution in [0, 0.1) is 0 Å². The highest BCUT2D eigenvalue weighted by Crippen LogP contribution is 1.83. The molecule has 1 nitrogen and oxygen atoms in total. The van der Waals surface area contributed by atoms with Crippen LogP contribution in [0.3, 0.4) is 0 Å². The van der Waals surface area contributed by atoms with E-state index in [0.717, 1.165) is 13.0 Å². The second-order valence-electron chi connectivity index (χ2n) is 2.47. The molecule has 0 unspecified atom stereocenters. The maximum Gasteiger partial charge on any atom is 0.168 e. The van der Waals surface area contributed by atoms with Gasteiger partial charge in [0, 0.05) is 18.6 Å². The fraction of sp³-hybridized carbons (Fsp3) is 0.300. The minimum absolute atomic E-state index is 0. The lowest BCUT2D eigenvalue weighted by Crippen LogP contribution is -3.00. The average molecular weight is 184 g/mol. The zero-order valence-corrected chi connectivity index (χ0v) is 8.04. The topological polar surface area (TPSA) is 3.88 Å². The number of aryl methyl sites for hydroxylation is 1. The number of halogens is 1. The van der Waals surface area contributed by atoms with Gasteiger partial charge in [0.2, 0.25) is 0 Å². The third-order valence-electron chi connectivity index (χ3n) is 1.57. The van der Waals surface area contributed by atoms with E-state index in [2.05, 4.69) is 48.2 Å². The summed E-state index contributed by atoms with van der Waals surface area (Å²) in [5.41, 5.74) is 0. The van der Waals surface area contributed by atoms with Gasteiger partial charge in [0.25, 0.3) is 0 Å². The van der Waals surface area contributed by atoms with Gasteiger partial charge in [-0.05, 0) is 6.92 Å². The van der Waals surface area contributed by atoms with Crippen LogP contribution < -0.4 is 17.0 Å². The highest BCUT2D eigenvalue weighted by atomic mass is 35.5. The zero-order chi connectivity index (χ0) is 7.94. The Kier molecular flexibility index (Phi) is 6.39. The van der Waals surface area contributed by atoms with Crippen molar-refractivity contribution in [2.75, 3.05) is 0 Å². The molecular formula is C10H14ClN. The van der Waals surface area contributed by atoms with Gasteiger partial charge in [0.15, 0.2) is 18.9 Å². The van der Waals surface area contributed by atoms with Crippen LogP contribution in [-0.4, -0.2) is 0 Å². The molecule has 0 aliphatic heterocycles. The van der Waals surface area contributed by atoms with Crippen LogP contribution in [-0.2, 0) is 6.54 Å². The molecule has 0 saturated heterocycles. The SMILES string of the molecule is CC=CCC[n+]1ccccc1.[Cl-]. The first kappa shape index (κ1) is 11.2. The van der Waals surface area contributed by atoms with Crippen LogP contribution in [0.1, 0.15) is 13.3 Å². The van der Waals surface area contributed by atoms with Crippen molar-refractivity contribution in [3.63, 3.8) is 0 Å². The molecule has 0 aliphatic carbocycles. The van der Waals surface area contributed by atoms with E-state index in [1.807, 2.05) is 6.07 Å². The Labute approximate surface area is 80.1 Å². The molecule has 12 heavy (non-hydrogen) atoms. The molecule has 0 atom stereocenters. The van der Waals surface area contributed by atoms with Crippen LogP contribution in [0.2, 0.25) is 0 Å². The van der Waals surface area contributed by atoms with Crippen molar-refractivity contribution in [2.45, 2.75) is 19.9 Å². The molecule has 1 aromatic rings. The molecule has 0 spiro atoms. The summed E-state index contributed by atoms with van der Waals surface area (Å²) in [5, 5.41) is 0. The fourth-order valence-electron chi connectivity index (χ4n) is 0.974. The summed E-state index contributed by atoms with van der Waals surface area (Å²) in [6.07, 6.45) is 9.56. The second kappa shape index (κ2) is 6.86. The van der Waals surface area contributed by atoms with Crippen LogP contribution in [0.4, 0.5) is 0 Å². The van der Waals surface area contributed by atoms with E-state index >= 15 is 0 Å². The van der Waals surface area contributed by atoms with E-state index < -0.39 is 0 Å². The van der Waals surface area contributed by atoms with Crippen molar-refractivity contribution in [3.8, 4) is 0 Å². The number of nitrogens with zero attached hydrogens (tertiary/aromatic N) is 1. The Morgan fingerprint density at radius 2 is 1.83 bits per heavy atom. The van der Waals surface area contributed by atoms with E-state index in [1.165, 1.54) is 0 Å². The Balaban J connectivity index is 0.00000121. The summed E-state index contributed by atoms with van der Waals surface area (Å²) in [6.45, 7) is 3.13. The summed E-state index contributed by atoms with van der Waals surface area (Å²) in [7, 11) is 0. The molecule has 0 amide bonds. The first-order valence-electron chi connectivity index (χ1n) is 3.98. The lowest BCUT2D eigenvalue weighted by molar-refractivity contribution is -0.696. The van der Waals surface area contributed by atoms with Crippen molar-refractivity contribution >= 4 is 0 Å². The predicted octanol–water partition coefficient (Wildman–Crippen LogP) is -1.06. The lowest BCUT2D eigenvalue weighted by Gasteiger charge is -1.90. The quantitative estimate of drug-likeness (QED) is 0.416. The maximum absolute atomic E-state index is 2.18. The Hall–Kier alpha value is -0.820. The average Bonchev–Trinajstić information content (AvgIpc) is 2.07. The van der Waals surface area contributed by atoms with Crippen molar-refractivity contribution in [3.05, 3.63) is 42.7 Å². The van der Waals surface area contributed by atoms with Crippen LogP contribution >= 0.6 is 0 Å². The van der Waals surface area contributed by atoms with E-state index in [4.69, 9.17) is 0 Å². The molecule has 0 bridgehead atoms. The van der Waals surface area contributed by atoms with Gasteiger partial charge in [-0.3, -0.25) is 0 Å². The van der Waals surface area contributed by atoms with E-state index in [1.54, 1.807) is 0 Å². The second-order valence-corrected chi connectivity index (χ2v) is 2.47.